The molecule has 1 aliphatic carbocycles. The summed E-state index contributed by atoms with van der Waals surface area (Å²) in [5.74, 6) is -0.768. The molecular formula is C12H21NO4. The highest BCUT2D eigenvalue weighted by molar-refractivity contribution is 5.78. The molecule has 0 aromatic carbocycles. The number of hydrogen-bond acceptors (Lipinski definition) is 3. The zero-order chi connectivity index (χ0) is 13.3. The van der Waals surface area contributed by atoms with Gasteiger partial charge in [-0.05, 0) is 47.0 Å². The van der Waals surface area contributed by atoms with Crippen molar-refractivity contribution < 1.29 is 19.4 Å². The van der Waals surface area contributed by atoms with Crippen LogP contribution in [0.4, 0.5) is 4.79 Å². The van der Waals surface area contributed by atoms with Crippen molar-refractivity contribution in [1.29, 1.82) is 0 Å². The van der Waals surface area contributed by atoms with E-state index < -0.39 is 23.1 Å². The number of rotatable bonds is 4. The molecule has 0 bridgehead atoms. The smallest absolute Gasteiger partial charge is 0.407 e. The van der Waals surface area contributed by atoms with Gasteiger partial charge >= 0.3 is 12.1 Å². The van der Waals surface area contributed by atoms with E-state index in [9.17, 15) is 9.59 Å². The zero-order valence-corrected chi connectivity index (χ0v) is 10.9. The van der Waals surface area contributed by atoms with Crippen LogP contribution in [0.1, 0.15) is 47.0 Å². The van der Waals surface area contributed by atoms with Gasteiger partial charge in [0.15, 0.2) is 0 Å². The maximum atomic E-state index is 11.5. The molecule has 0 aromatic heterocycles. The van der Waals surface area contributed by atoms with Gasteiger partial charge in [-0.25, -0.2) is 4.79 Å². The van der Waals surface area contributed by atoms with Crippen LogP contribution in [-0.2, 0) is 9.53 Å². The number of hydrogen-bond donors (Lipinski definition) is 2. The van der Waals surface area contributed by atoms with Crippen LogP contribution in [0.3, 0.4) is 0 Å². The molecule has 0 spiro atoms. The summed E-state index contributed by atoms with van der Waals surface area (Å²) < 4.78 is 5.11. The molecule has 5 nitrogen and oxygen atoms in total. The quantitative estimate of drug-likeness (QED) is 0.793. The van der Waals surface area contributed by atoms with E-state index in [0.29, 0.717) is 19.3 Å². The summed E-state index contributed by atoms with van der Waals surface area (Å²) in [6.07, 6.45) is 1.36. The number of carbonyl (C=O) groups is 2. The summed E-state index contributed by atoms with van der Waals surface area (Å²) in [5.41, 5.74) is -1.15. The average Bonchev–Trinajstić information content (AvgIpc) is 2.80. The van der Waals surface area contributed by atoms with Crippen molar-refractivity contribution in [3.63, 3.8) is 0 Å². The van der Waals surface area contributed by atoms with E-state index >= 15 is 0 Å². The second kappa shape index (κ2) is 4.55. The van der Waals surface area contributed by atoms with Gasteiger partial charge in [0.05, 0.1) is 5.41 Å². The second-order valence-corrected chi connectivity index (χ2v) is 5.84. The standard InChI is InChI=1S/C12H21NO4/c1-8(7-12(5-6-12)9(14)15)13-10(16)17-11(2,3)4/h8H,5-7H2,1-4H3,(H,13,16)(H,14,15)/t8-/m1/s1. The topological polar surface area (TPSA) is 75.6 Å². The van der Waals surface area contributed by atoms with Crippen molar-refractivity contribution in [3.05, 3.63) is 0 Å². The van der Waals surface area contributed by atoms with Crippen LogP contribution in [0.2, 0.25) is 0 Å². The summed E-state index contributed by atoms with van der Waals surface area (Å²) in [5, 5.41) is 11.7. The predicted octanol–water partition coefficient (Wildman–Crippen LogP) is 2.15. The Labute approximate surface area is 102 Å². The van der Waals surface area contributed by atoms with Gasteiger partial charge in [-0.1, -0.05) is 0 Å². The summed E-state index contributed by atoms with van der Waals surface area (Å²) in [7, 11) is 0. The molecular weight excluding hydrogens is 222 g/mol. The third-order valence-electron chi connectivity index (χ3n) is 2.77. The highest BCUT2D eigenvalue weighted by Crippen LogP contribution is 2.49. The van der Waals surface area contributed by atoms with E-state index in [1.807, 2.05) is 0 Å². The Morgan fingerprint density at radius 3 is 2.29 bits per heavy atom. The number of ether oxygens (including phenoxy) is 1. The van der Waals surface area contributed by atoms with Crippen LogP contribution in [0, 0.1) is 5.41 Å². The summed E-state index contributed by atoms with van der Waals surface area (Å²) >= 11 is 0. The SMILES string of the molecule is C[C@H](CC1(C(=O)O)CC1)NC(=O)OC(C)(C)C. The van der Waals surface area contributed by atoms with E-state index in [2.05, 4.69) is 5.32 Å². The number of alkyl carbamates (subject to hydrolysis) is 1. The molecule has 1 fully saturated rings. The van der Waals surface area contributed by atoms with E-state index in [4.69, 9.17) is 9.84 Å². The minimum absolute atomic E-state index is 0.191. The van der Waals surface area contributed by atoms with E-state index in [0.717, 1.165) is 0 Å². The highest BCUT2D eigenvalue weighted by Gasteiger charge is 2.50. The second-order valence-electron chi connectivity index (χ2n) is 5.84. The lowest BCUT2D eigenvalue weighted by atomic mass is 9.98. The first-order valence-electron chi connectivity index (χ1n) is 5.88. The number of carbonyl (C=O) groups excluding carboxylic acids is 1. The Morgan fingerprint density at radius 2 is 1.94 bits per heavy atom. The fraction of sp³-hybridized carbons (Fsp3) is 0.833. The van der Waals surface area contributed by atoms with Crippen molar-refractivity contribution in [2.75, 3.05) is 0 Å². The van der Waals surface area contributed by atoms with Gasteiger partial charge < -0.3 is 15.2 Å². The van der Waals surface area contributed by atoms with E-state index in [1.165, 1.54) is 0 Å². The fourth-order valence-corrected chi connectivity index (χ4v) is 1.80. The average molecular weight is 243 g/mol. The molecule has 17 heavy (non-hydrogen) atoms. The van der Waals surface area contributed by atoms with Crippen LogP contribution in [0.15, 0.2) is 0 Å². The molecule has 2 N–H and O–H groups in total. The van der Waals surface area contributed by atoms with Gasteiger partial charge in [0, 0.05) is 6.04 Å². The minimum atomic E-state index is -0.768. The molecule has 1 saturated carbocycles. The molecule has 5 heteroatoms. The first-order chi connectivity index (χ1) is 7.65. The maximum absolute atomic E-state index is 11.5. The van der Waals surface area contributed by atoms with Crippen molar-refractivity contribution >= 4 is 12.1 Å². The summed E-state index contributed by atoms with van der Waals surface area (Å²) in [4.78, 5) is 22.5. The van der Waals surface area contributed by atoms with Gasteiger partial charge in [0.1, 0.15) is 5.60 Å². The van der Waals surface area contributed by atoms with Crippen molar-refractivity contribution in [3.8, 4) is 0 Å². The summed E-state index contributed by atoms with van der Waals surface area (Å²) in [6, 6.07) is -0.191. The number of carboxylic acids is 1. The lowest BCUT2D eigenvalue weighted by Gasteiger charge is -2.23. The van der Waals surface area contributed by atoms with Crippen LogP contribution in [0.25, 0.3) is 0 Å². The fourth-order valence-electron chi connectivity index (χ4n) is 1.80. The lowest BCUT2D eigenvalue weighted by Crippen LogP contribution is -2.39. The number of nitrogens with one attached hydrogen (secondary N) is 1. The molecule has 1 aliphatic rings. The molecule has 0 aromatic rings. The lowest BCUT2D eigenvalue weighted by molar-refractivity contribution is -0.143. The Balaban J connectivity index is 2.38. The molecule has 0 aliphatic heterocycles. The molecule has 0 saturated heterocycles. The molecule has 1 amide bonds. The monoisotopic (exact) mass is 243 g/mol. The van der Waals surface area contributed by atoms with Crippen LogP contribution >= 0.6 is 0 Å². The zero-order valence-electron chi connectivity index (χ0n) is 10.9. The minimum Gasteiger partial charge on any atom is -0.481 e. The number of aliphatic carboxylic acids is 1. The van der Waals surface area contributed by atoms with Gasteiger partial charge in [-0.2, -0.15) is 0 Å². The van der Waals surface area contributed by atoms with Gasteiger partial charge in [-0.15, -0.1) is 0 Å². The van der Waals surface area contributed by atoms with Crippen molar-refractivity contribution in [2.45, 2.75) is 58.6 Å². The van der Waals surface area contributed by atoms with Crippen LogP contribution in [0.5, 0.6) is 0 Å². The van der Waals surface area contributed by atoms with E-state index in [1.54, 1.807) is 27.7 Å². The largest absolute Gasteiger partial charge is 0.481 e. The third-order valence-corrected chi connectivity index (χ3v) is 2.77. The van der Waals surface area contributed by atoms with E-state index in [-0.39, 0.29) is 6.04 Å². The predicted molar refractivity (Wildman–Crippen MR) is 62.8 cm³/mol. The molecule has 98 valence electrons. The third kappa shape index (κ3) is 4.24. The molecule has 0 radical (unpaired) electrons. The maximum Gasteiger partial charge on any atom is 0.407 e. The number of carboxylic acid groups (broad SMARTS) is 1. The Kier molecular flexibility index (Phi) is 3.69. The Bertz CT molecular complexity index is 315. The van der Waals surface area contributed by atoms with Crippen molar-refractivity contribution in [2.24, 2.45) is 5.41 Å². The molecule has 0 unspecified atom stereocenters. The normalized spacial score (nSPS) is 19.3. The highest BCUT2D eigenvalue weighted by atomic mass is 16.6. The summed E-state index contributed by atoms with van der Waals surface area (Å²) in [6.45, 7) is 7.16. The van der Waals surface area contributed by atoms with Crippen LogP contribution in [-0.4, -0.2) is 28.8 Å². The Morgan fingerprint density at radius 1 is 1.41 bits per heavy atom. The van der Waals surface area contributed by atoms with Crippen LogP contribution < -0.4 is 5.32 Å². The molecule has 1 atom stereocenters. The van der Waals surface area contributed by atoms with Gasteiger partial charge in [-0.3, -0.25) is 4.79 Å². The van der Waals surface area contributed by atoms with Gasteiger partial charge in [0.2, 0.25) is 0 Å². The molecule has 0 heterocycles. The first-order valence-corrected chi connectivity index (χ1v) is 5.88. The molecule has 1 rings (SSSR count). The van der Waals surface area contributed by atoms with Gasteiger partial charge in [0.25, 0.3) is 0 Å². The Hall–Kier alpha value is -1.26. The number of amides is 1. The van der Waals surface area contributed by atoms with Crippen molar-refractivity contribution in [1.82, 2.24) is 5.32 Å². The first kappa shape index (κ1) is 13.8.